The van der Waals surface area contributed by atoms with Gasteiger partial charge in [-0.15, -0.1) is 0 Å². The summed E-state index contributed by atoms with van der Waals surface area (Å²) in [6, 6.07) is 10.8. The Hall–Kier alpha value is -3.43. The number of carbonyl (C=O) groups is 1. The summed E-state index contributed by atoms with van der Waals surface area (Å²) in [7, 11) is -4.14. The molecule has 3 N–H and O–H groups in total. The zero-order valence-corrected chi connectivity index (χ0v) is 17.4. The van der Waals surface area contributed by atoms with Gasteiger partial charge in [0.15, 0.2) is 6.10 Å². The van der Waals surface area contributed by atoms with Gasteiger partial charge in [0, 0.05) is 6.07 Å². The van der Waals surface area contributed by atoms with E-state index in [1.54, 1.807) is 13.8 Å². The van der Waals surface area contributed by atoms with E-state index in [0.717, 1.165) is 30.3 Å². The van der Waals surface area contributed by atoms with Gasteiger partial charge >= 0.3 is 5.97 Å². The van der Waals surface area contributed by atoms with Crippen LogP contribution in [0.25, 0.3) is 0 Å². The second-order valence-corrected chi connectivity index (χ2v) is 8.83. The molecule has 0 bridgehead atoms. The Morgan fingerprint density at radius 2 is 1.58 bits per heavy atom. The minimum absolute atomic E-state index is 0.108. The first-order valence-corrected chi connectivity index (χ1v) is 10.5. The van der Waals surface area contributed by atoms with Gasteiger partial charge in [-0.05, 0) is 79.1 Å². The molecule has 0 radical (unpaired) electrons. The van der Waals surface area contributed by atoms with Crippen LogP contribution in [-0.2, 0) is 14.6 Å². The van der Waals surface area contributed by atoms with Gasteiger partial charge in [-0.1, -0.05) is 0 Å². The molecule has 0 aromatic heterocycles. The average molecular weight is 446 g/mol. The van der Waals surface area contributed by atoms with E-state index < -0.39 is 38.4 Å². The Bertz CT molecular complexity index is 1230. The third kappa shape index (κ3) is 4.52. The Kier molecular flexibility index (Phi) is 6.01. The maximum atomic E-state index is 13.1. The second-order valence-electron chi connectivity index (χ2n) is 6.91. The first-order valence-electron chi connectivity index (χ1n) is 9.04. The lowest BCUT2D eigenvalue weighted by Crippen LogP contribution is -2.11. The van der Waals surface area contributed by atoms with Crippen LogP contribution in [0.2, 0.25) is 0 Å². The van der Waals surface area contributed by atoms with Gasteiger partial charge in [0.25, 0.3) is 0 Å². The van der Waals surface area contributed by atoms with E-state index in [0.29, 0.717) is 16.9 Å². The van der Waals surface area contributed by atoms with Crippen LogP contribution in [0.4, 0.5) is 4.39 Å². The summed E-state index contributed by atoms with van der Waals surface area (Å²) >= 11 is 0. The lowest BCUT2D eigenvalue weighted by Gasteiger charge is -2.16. The summed E-state index contributed by atoms with van der Waals surface area (Å²) in [4.78, 5) is 10.4. The van der Waals surface area contributed by atoms with Gasteiger partial charge in [0.05, 0.1) is 4.90 Å². The second kappa shape index (κ2) is 8.37. The molecule has 0 amide bonds. The number of phenols is 1. The standard InChI is InChI=1S/C22H19FO7S/c1-12-9-14(20(25)22(26)27)10-13(2)21(12)30-16-5-8-18(24)19(11-16)31(28,29)17-6-3-15(23)4-7-17/h3-11,20,24-25H,1-2H3,(H,26,27)/t20-/m1/s1. The number of ether oxygens (including phenoxy) is 1. The van der Waals surface area contributed by atoms with Crippen molar-refractivity contribution in [1.29, 1.82) is 0 Å². The number of sulfone groups is 1. The molecule has 1 atom stereocenters. The van der Waals surface area contributed by atoms with E-state index in [2.05, 4.69) is 0 Å². The monoisotopic (exact) mass is 446 g/mol. The minimum Gasteiger partial charge on any atom is -0.507 e. The fourth-order valence-electron chi connectivity index (χ4n) is 3.08. The number of benzene rings is 3. The molecule has 0 saturated heterocycles. The fourth-order valence-corrected chi connectivity index (χ4v) is 4.44. The predicted molar refractivity (Wildman–Crippen MR) is 109 cm³/mol. The molecule has 31 heavy (non-hydrogen) atoms. The zero-order valence-electron chi connectivity index (χ0n) is 16.5. The normalized spacial score (nSPS) is 12.4. The summed E-state index contributed by atoms with van der Waals surface area (Å²) in [5.41, 5.74) is 1.22. The quantitative estimate of drug-likeness (QED) is 0.491. The van der Waals surface area contributed by atoms with Crippen LogP contribution in [0, 0.1) is 19.7 Å². The molecule has 0 aliphatic heterocycles. The number of phenolic OH excluding ortho intramolecular Hbond substituents is 1. The number of aliphatic hydroxyl groups excluding tert-OH is 1. The number of carboxylic acid groups (broad SMARTS) is 1. The molecule has 0 aliphatic rings. The molecule has 9 heteroatoms. The minimum atomic E-state index is -4.14. The largest absolute Gasteiger partial charge is 0.507 e. The number of hydrogen-bond acceptors (Lipinski definition) is 6. The predicted octanol–water partition coefficient (Wildman–Crippen LogP) is 3.89. The highest BCUT2D eigenvalue weighted by Gasteiger charge is 2.23. The van der Waals surface area contributed by atoms with Crippen LogP contribution in [0.5, 0.6) is 17.2 Å². The van der Waals surface area contributed by atoms with Crippen molar-refractivity contribution in [2.75, 3.05) is 0 Å². The molecular formula is C22H19FO7S. The number of aryl methyl sites for hydroxylation is 2. The van der Waals surface area contributed by atoms with E-state index in [-0.39, 0.29) is 16.2 Å². The van der Waals surface area contributed by atoms with E-state index in [9.17, 15) is 27.8 Å². The zero-order chi connectivity index (χ0) is 22.9. The molecule has 7 nitrogen and oxygen atoms in total. The SMILES string of the molecule is Cc1cc([C@@H](O)C(=O)O)cc(C)c1Oc1ccc(O)c(S(=O)(=O)c2ccc(F)cc2)c1. The Morgan fingerprint density at radius 1 is 1.00 bits per heavy atom. The lowest BCUT2D eigenvalue weighted by atomic mass is 10.0. The average Bonchev–Trinajstić information content (AvgIpc) is 2.71. The molecule has 0 saturated carbocycles. The van der Waals surface area contributed by atoms with Crippen molar-refractivity contribution >= 4 is 15.8 Å². The van der Waals surface area contributed by atoms with E-state index in [4.69, 9.17) is 9.84 Å². The molecule has 0 heterocycles. The lowest BCUT2D eigenvalue weighted by molar-refractivity contribution is -0.146. The van der Waals surface area contributed by atoms with Crippen molar-refractivity contribution in [3.8, 4) is 17.2 Å². The summed E-state index contributed by atoms with van der Waals surface area (Å²) in [6.07, 6.45) is -1.69. The van der Waals surface area contributed by atoms with Crippen LogP contribution in [0.15, 0.2) is 64.4 Å². The topological polar surface area (TPSA) is 121 Å². The van der Waals surface area contributed by atoms with Crippen LogP contribution < -0.4 is 4.74 Å². The third-order valence-electron chi connectivity index (χ3n) is 4.60. The molecule has 0 fully saturated rings. The van der Waals surface area contributed by atoms with E-state index in [1.165, 1.54) is 24.3 Å². The number of aliphatic carboxylic acids is 1. The molecule has 0 spiro atoms. The van der Waals surface area contributed by atoms with E-state index in [1.807, 2.05) is 0 Å². The molecule has 3 rings (SSSR count). The Labute approximate surface area is 177 Å². The molecule has 3 aromatic carbocycles. The number of carboxylic acids is 1. The van der Waals surface area contributed by atoms with Crippen LogP contribution in [-0.4, -0.2) is 29.7 Å². The first-order chi connectivity index (χ1) is 14.5. The van der Waals surface area contributed by atoms with Gasteiger partial charge in [0.1, 0.15) is 28.0 Å². The van der Waals surface area contributed by atoms with Crippen LogP contribution >= 0.6 is 0 Å². The molecule has 162 valence electrons. The summed E-state index contributed by atoms with van der Waals surface area (Å²) < 4.78 is 44.7. The highest BCUT2D eigenvalue weighted by molar-refractivity contribution is 7.91. The van der Waals surface area contributed by atoms with Crippen LogP contribution in [0.3, 0.4) is 0 Å². The smallest absolute Gasteiger partial charge is 0.337 e. The highest BCUT2D eigenvalue weighted by Crippen LogP contribution is 2.36. The van der Waals surface area contributed by atoms with E-state index >= 15 is 0 Å². The van der Waals surface area contributed by atoms with Gasteiger partial charge < -0.3 is 20.1 Å². The van der Waals surface area contributed by atoms with Crippen molar-refractivity contribution in [2.24, 2.45) is 0 Å². The molecular weight excluding hydrogens is 427 g/mol. The third-order valence-corrected chi connectivity index (χ3v) is 6.40. The van der Waals surface area contributed by atoms with Crippen molar-refractivity contribution in [3.05, 3.63) is 77.1 Å². The van der Waals surface area contributed by atoms with Crippen molar-refractivity contribution in [2.45, 2.75) is 29.7 Å². The summed E-state index contributed by atoms with van der Waals surface area (Å²) in [5.74, 6) is -2.03. The van der Waals surface area contributed by atoms with Gasteiger partial charge in [-0.3, -0.25) is 0 Å². The number of aliphatic hydroxyl groups is 1. The van der Waals surface area contributed by atoms with Crippen molar-refractivity contribution < 1.29 is 37.7 Å². The van der Waals surface area contributed by atoms with Gasteiger partial charge in [-0.25, -0.2) is 17.6 Å². The van der Waals surface area contributed by atoms with Crippen molar-refractivity contribution in [1.82, 2.24) is 0 Å². The fraction of sp³-hybridized carbons (Fsp3) is 0.136. The maximum Gasteiger partial charge on any atom is 0.337 e. The Morgan fingerprint density at radius 3 is 2.13 bits per heavy atom. The number of halogens is 1. The molecule has 3 aromatic rings. The highest BCUT2D eigenvalue weighted by atomic mass is 32.2. The number of rotatable bonds is 6. The molecule has 0 aliphatic carbocycles. The number of hydrogen-bond donors (Lipinski definition) is 3. The summed E-state index contributed by atoms with van der Waals surface area (Å²) in [5, 5.41) is 28.9. The Balaban J connectivity index is 2.00. The van der Waals surface area contributed by atoms with Crippen LogP contribution in [0.1, 0.15) is 22.8 Å². The maximum absolute atomic E-state index is 13.1. The van der Waals surface area contributed by atoms with Gasteiger partial charge in [0.2, 0.25) is 9.84 Å². The summed E-state index contributed by atoms with van der Waals surface area (Å²) in [6.45, 7) is 3.30. The van der Waals surface area contributed by atoms with Gasteiger partial charge in [-0.2, -0.15) is 0 Å². The number of aromatic hydroxyl groups is 1. The molecule has 0 unspecified atom stereocenters. The first kappa shape index (κ1) is 22.3. The van der Waals surface area contributed by atoms with Crippen molar-refractivity contribution in [3.63, 3.8) is 0 Å².